The minimum absolute atomic E-state index is 0.194. The van der Waals surface area contributed by atoms with E-state index in [4.69, 9.17) is 25.2 Å². The molecule has 1 aliphatic rings. The van der Waals surface area contributed by atoms with Crippen LogP contribution in [0.1, 0.15) is 6.42 Å². The van der Waals surface area contributed by atoms with Crippen molar-refractivity contribution in [3.63, 3.8) is 0 Å². The van der Waals surface area contributed by atoms with Gasteiger partial charge in [0.05, 0.1) is 29.0 Å². The predicted octanol–water partition coefficient (Wildman–Crippen LogP) is 8.20. The molecular weight excluding hydrogens is 481 g/mol. The van der Waals surface area contributed by atoms with E-state index in [2.05, 4.69) is 70.7 Å². The number of nitrogens with zero attached hydrogens (tertiary/aromatic N) is 3. The van der Waals surface area contributed by atoms with Crippen LogP contribution < -0.4 is 0 Å². The van der Waals surface area contributed by atoms with Crippen molar-refractivity contribution in [1.29, 1.82) is 0 Å². The first kappa shape index (κ1) is 22.4. The van der Waals surface area contributed by atoms with Gasteiger partial charge in [0.1, 0.15) is 0 Å². The molecule has 0 fully saturated rings. The number of halogens is 2. The van der Waals surface area contributed by atoms with E-state index in [-0.39, 0.29) is 13.1 Å². The normalized spacial score (nSPS) is 13.6. The summed E-state index contributed by atoms with van der Waals surface area (Å²) in [6, 6.07) is 28.9. The van der Waals surface area contributed by atoms with E-state index in [1.54, 1.807) is 0 Å². The van der Waals surface area contributed by atoms with Gasteiger partial charge in [-0.3, -0.25) is 15.0 Å². The van der Waals surface area contributed by atoms with Crippen molar-refractivity contribution < 1.29 is 13.1 Å². The fourth-order valence-corrected chi connectivity index (χ4v) is 3.55. The quantitative estimate of drug-likeness (QED) is 0.154. The zero-order valence-corrected chi connectivity index (χ0v) is 19.6. The van der Waals surface area contributed by atoms with Crippen molar-refractivity contribution in [3.8, 4) is 0 Å². The van der Waals surface area contributed by atoms with Crippen molar-refractivity contribution in [2.24, 2.45) is 15.0 Å². The number of allylic oxidation sites excluding steroid dienone is 2. The maximum absolute atomic E-state index is 4.86. The number of hydrogen-bond acceptors (Lipinski definition) is 3. The third-order valence-electron chi connectivity index (χ3n) is 4.98. The summed E-state index contributed by atoms with van der Waals surface area (Å²) in [5.41, 5.74) is 3.73. The van der Waals surface area contributed by atoms with E-state index in [0.717, 1.165) is 40.0 Å². The Balaban J connectivity index is 0.000000775. The molecule has 0 aromatic heterocycles. The third kappa shape index (κ3) is 5.53. The second-order valence-electron chi connectivity index (χ2n) is 7.01. The number of para-hydroxylation sites is 1. The van der Waals surface area contributed by atoms with E-state index in [9.17, 15) is 0 Å². The molecule has 5 rings (SSSR count). The molecular formula is C26H19Cl2FeN3. The summed E-state index contributed by atoms with van der Waals surface area (Å²) in [4.78, 5) is 14.0. The Morgan fingerprint density at radius 1 is 0.750 bits per heavy atom. The van der Waals surface area contributed by atoms with Gasteiger partial charge < -0.3 is 0 Å². The van der Waals surface area contributed by atoms with Crippen LogP contribution in [0.15, 0.2) is 112 Å². The Hall–Kier alpha value is -2.75. The van der Waals surface area contributed by atoms with Gasteiger partial charge in [-0.2, -0.15) is 0 Å². The first-order valence-corrected chi connectivity index (χ1v) is 13.0. The van der Waals surface area contributed by atoms with Crippen molar-refractivity contribution in [3.05, 3.63) is 96.7 Å². The van der Waals surface area contributed by atoms with Gasteiger partial charge in [0, 0.05) is 23.4 Å². The SMILES string of the molecule is C(=Nc1ccccc1)C1=CCC(C=Nc2c3ccccc3cc3ccccc23)=N1.[Cl][Fe][Cl]. The van der Waals surface area contributed by atoms with Gasteiger partial charge in [-0.15, -0.1) is 0 Å². The van der Waals surface area contributed by atoms with Crippen LogP contribution in [0.5, 0.6) is 0 Å². The molecule has 4 aromatic carbocycles. The molecule has 0 spiro atoms. The molecule has 0 aliphatic carbocycles. The summed E-state index contributed by atoms with van der Waals surface area (Å²) in [5.74, 6) is 0. The molecule has 0 amide bonds. The van der Waals surface area contributed by atoms with Crippen LogP contribution in [0.4, 0.5) is 11.4 Å². The fraction of sp³-hybridized carbons (Fsp3) is 0.0385. The average Bonchev–Trinajstić information content (AvgIpc) is 3.29. The topological polar surface area (TPSA) is 37.1 Å². The number of benzene rings is 4. The van der Waals surface area contributed by atoms with Gasteiger partial charge in [-0.1, -0.05) is 72.8 Å². The third-order valence-corrected chi connectivity index (χ3v) is 4.98. The summed E-state index contributed by atoms with van der Waals surface area (Å²) in [5, 5.41) is 4.70. The van der Waals surface area contributed by atoms with Crippen molar-refractivity contribution >= 4 is 71.3 Å². The van der Waals surface area contributed by atoms with Gasteiger partial charge in [0.25, 0.3) is 0 Å². The molecule has 0 atom stereocenters. The first-order valence-electron chi connectivity index (χ1n) is 9.95. The standard InChI is InChI=1S/C26H19N3.2ClH.Fe/c1-2-10-21(11-3-1)27-17-22-14-15-23(29-22)18-28-26-24-12-6-4-8-19(24)16-20-9-5-7-13-25(20)26;;;/h1-14,16-18H,15H2;2*1H;/q;;;+2/p-2. The Morgan fingerprint density at radius 3 is 2.00 bits per heavy atom. The molecule has 6 heteroatoms. The van der Waals surface area contributed by atoms with Gasteiger partial charge in [0.2, 0.25) is 0 Å². The molecule has 0 radical (unpaired) electrons. The maximum atomic E-state index is 4.86. The van der Waals surface area contributed by atoms with Crippen LogP contribution in [-0.2, 0) is 13.1 Å². The van der Waals surface area contributed by atoms with E-state index in [1.807, 2.05) is 42.8 Å². The number of fused-ring (bicyclic) bond motifs is 2. The van der Waals surface area contributed by atoms with Crippen LogP contribution in [0, 0.1) is 0 Å². The van der Waals surface area contributed by atoms with Gasteiger partial charge in [-0.05, 0) is 29.0 Å². The van der Waals surface area contributed by atoms with Crippen LogP contribution in [0.25, 0.3) is 21.5 Å². The second kappa shape index (κ2) is 11.2. The molecule has 0 bridgehead atoms. The number of rotatable bonds is 4. The molecule has 1 heterocycles. The van der Waals surface area contributed by atoms with Gasteiger partial charge >= 0.3 is 33.3 Å². The molecule has 1 aliphatic heterocycles. The number of hydrogen-bond donors (Lipinski definition) is 0. The van der Waals surface area contributed by atoms with Crippen molar-refractivity contribution in [1.82, 2.24) is 0 Å². The summed E-state index contributed by atoms with van der Waals surface area (Å²) in [7, 11) is 9.53. The predicted molar refractivity (Wildman–Crippen MR) is 136 cm³/mol. The van der Waals surface area contributed by atoms with Crippen LogP contribution >= 0.6 is 20.2 Å². The first-order chi connectivity index (χ1) is 15.8. The van der Waals surface area contributed by atoms with Gasteiger partial charge in [0.15, 0.2) is 0 Å². The van der Waals surface area contributed by atoms with Crippen LogP contribution in [0.3, 0.4) is 0 Å². The zero-order valence-electron chi connectivity index (χ0n) is 17.0. The Morgan fingerprint density at radius 2 is 1.34 bits per heavy atom. The molecule has 3 nitrogen and oxygen atoms in total. The summed E-state index contributed by atoms with van der Waals surface area (Å²) < 4.78 is 0. The molecule has 0 unspecified atom stereocenters. The summed E-state index contributed by atoms with van der Waals surface area (Å²) in [6.07, 6.45) is 6.54. The van der Waals surface area contributed by atoms with Crippen molar-refractivity contribution in [2.75, 3.05) is 0 Å². The minimum atomic E-state index is 0.194. The van der Waals surface area contributed by atoms with E-state index in [1.165, 1.54) is 10.8 Å². The molecule has 0 saturated heterocycles. The number of aliphatic imine (C=N–C) groups is 3. The average molecular weight is 500 g/mol. The molecule has 160 valence electrons. The second-order valence-corrected chi connectivity index (χ2v) is 8.83. The van der Waals surface area contributed by atoms with E-state index in [0.29, 0.717) is 0 Å². The van der Waals surface area contributed by atoms with Gasteiger partial charge in [-0.25, -0.2) is 0 Å². The fourth-order valence-electron chi connectivity index (χ4n) is 3.55. The Labute approximate surface area is 201 Å². The van der Waals surface area contributed by atoms with Crippen LogP contribution in [0.2, 0.25) is 0 Å². The van der Waals surface area contributed by atoms with E-state index < -0.39 is 0 Å². The Bertz CT molecular complexity index is 1290. The molecule has 0 saturated carbocycles. The Kier molecular flexibility index (Phi) is 7.87. The van der Waals surface area contributed by atoms with Crippen molar-refractivity contribution in [2.45, 2.75) is 6.42 Å². The van der Waals surface area contributed by atoms with Crippen LogP contribution in [-0.4, -0.2) is 18.1 Å². The summed E-state index contributed by atoms with van der Waals surface area (Å²) in [6.45, 7) is 0. The molecule has 0 N–H and O–H groups in total. The monoisotopic (exact) mass is 499 g/mol. The summed E-state index contributed by atoms with van der Waals surface area (Å²) >= 11 is 0.194. The molecule has 4 aromatic rings. The zero-order chi connectivity index (χ0) is 22.2. The van der Waals surface area contributed by atoms with E-state index >= 15 is 0 Å². The molecule has 32 heavy (non-hydrogen) atoms.